The number of nitriles is 1. The third-order valence-electron chi connectivity index (χ3n) is 5.49. The van der Waals surface area contributed by atoms with E-state index in [4.69, 9.17) is 4.74 Å². The smallest absolute Gasteiger partial charge is 0.273 e. The molecule has 0 radical (unpaired) electrons. The summed E-state index contributed by atoms with van der Waals surface area (Å²) in [5.41, 5.74) is 1.93. The minimum Gasteiger partial charge on any atom is -0.493 e. The predicted molar refractivity (Wildman–Crippen MR) is 150 cm³/mol. The second-order valence-corrected chi connectivity index (χ2v) is 9.93. The summed E-state index contributed by atoms with van der Waals surface area (Å²) in [5, 5.41) is 12.8. The van der Waals surface area contributed by atoms with Crippen molar-refractivity contribution in [3.05, 3.63) is 114 Å². The van der Waals surface area contributed by atoms with Crippen LogP contribution in [0.5, 0.6) is 5.75 Å². The molecule has 0 saturated heterocycles. The normalized spacial score (nSPS) is 12.1. The van der Waals surface area contributed by atoms with E-state index in [1.54, 1.807) is 30.3 Å². The lowest BCUT2D eigenvalue weighted by molar-refractivity contribution is -0.115. The average molecular weight is 575 g/mol. The molecular formula is C29H24BrN3O3S. The van der Waals surface area contributed by atoms with Crippen LogP contribution in [0, 0.1) is 11.3 Å². The summed E-state index contributed by atoms with van der Waals surface area (Å²) in [7, 11) is 0. The molecule has 1 heterocycles. The number of thiazole rings is 1. The van der Waals surface area contributed by atoms with E-state index in [2.05, 4.69) is 21.2 Å². The number of nitrogens with zero attached hydrogens (tertiary/aromatic N) is 2. The molecule has 8 heteroatoms. The van der Waals surface area contributed by atoms with Crippen molar-refractivity contribution in [3.8, 4) is 17.5 Å². The van der Waals surface area contributed by atoms with E-state index in [0.29, 0.717) is 41.1 Å². The summed E-state index contributed by atoms with van der Waals surface area (Å²) < 4.78 is 8.64. The van der Waals surface area contributed by atoms with Gasteiger partial charge in [0.05, 0.1) is 16.8 Å². The molecule has 0 aliphatic carbocycles. The Kier molecular flexibility index (Phi) is 8.72. The highest BCUT2D eigenvalue weighted by molar-refractivity contribution is 9.10. The second kappa shape index (κ2) is 12.3. The van der Waals surface area contributed by atoms with Gasteiger partial charge in [-0.1, -0.05) is 64.5 Å². The van der Waals surface area contributed by atoms with Gasteiger partial charge in [0.15, 0.2) is 5.57 Å². The zero-order chi connectivity index (χ0) is 26.2. The van der Waals surface area contributed by atoms with Gasteiger partial charge in [-0.25, -0.2) is 0 Å². The van der Waals surface area contributed by atoms with Crippen molar-refractivity contribution in [1.82, 2.24) is 9.88 Å². The van der Waals surface area contributed by atoms with Gasteiger partial charge in [-0.05, 0) is 55.3 Å². The Bertz CT molecular complexity index is 1620. The van der Waals surface area contributed by atoms with Gasteiger partial charge in [0.25, 0.3) is 11.5 Å². The van der Waals surface area contributed by atoms with Gasteiger partial charge in [0.1, 0.15) is 16.5 Å². The zero-order valence-electron chi connectivity index (χ0n) is 20.1. The largest absolute Gasteiger partial charge is 0.493 e. The molecule has 0 fully saturated rings. The standard InChI is InChI=1S/C29H24BrN3O3S/c1-2-36-25-14-13-22(30)17-21(25)18-26-28(35)33(23-11-7-4-8-12-23)29(37-26)24(19-31)27(34)32-16-15-20-9-5-3-6-10-20/h3-14,17-18H,2,15-16H2,1H3,(H,32,34)/b26-18+,29-24+. The third-order valence-corrected chi connectivity index (χ3v) is 7.08. The first kappa shape index (κ1) is 26.1. The van der Waals surface area contributed by atoms with Crippen LogP contribution in [0.4, 0.5) is 0 Å². The van der Waals surface area contributed by atoms with E-state index in [1.165, 1.54) is 4.57 Å². The van der Waals surface area contributed by atoms with E-state index in [1.807, 2.05) is 67.6 Å². The fourth-order valence-corrected chi connectivity index (χ4v) is 5.24. The van der Waals surface area contributed by atoms with Crippen LogP contribution in [-0.2, 0) is 11.2 Å². The van der Waals surface area contributed by atoms with E-state index in [-0.39, 0.29) is 15.8 Å². The first-order valence-corrected chi connectivity index (χ1v) is 13.3. The van der Waals surface area contributed by atoms with E-state index in [9.17, 15) is 14.9 Å². The van der Waals surface area contributed by atoms with Crippen molar-refractivity contribution in [1.29, 1.82) is 5.26 Å². The number of hydrogen-bond donors (Lipinski definition) is 1. The molecule has 3 aromatic carbocycles. The number of aromatic nitrogens is 1. The van der Waals surface area contributed by atoms with E-state index < -0.39 is 5.91 Å². The Labute approximate surface area is 226 Å². The number of nitrogens with one attached hydrogen (secondary N) is 1. The molecule has 1 amide bonds. The maximum atomic E-state index is 13.6. The molecule has 0 bridgehead atoms. The maximum Gasteiger partial charge on any atom is 0.273 e. The molecule has 4 rings (SSSR count). The minimum atomic E-state index is -0.520. The van der Waals surface area contributed by atoms with E-state index in [0.717, 1.165) is 21.4 Å². The van der Waals surface area contributed by atoms with Crippen molar-refractivity contribution < 1.29 is 9.53 Å². The van der Waals surface area contributed by atoms with E-state index >= 15 is 0 Å². The number of amides is 1. The summed E-state index contributed by atoms with van der Waals surface area (Å²) in [6.07, 6.45) is 2.36. The molecule has 0 aliphatic heterocycles. The van der Waals surface area contributed by atoms with Gasteiger partial charge < -0.3 is 10.1 Å². The fraction of sp³-hybridized carbons (Fsp3) is 0.138. The van der Waals surface area contributed by atoms with Crippen LogP contribution >= 0.6 is 27.3 Å². The molecule has 6 nitrogen and oxygen atoms in total. The molecule has 0 unspecified atom stereocenters. The molecule has 1 N–H and O–H groups in total. The summed E-state index contributed by atoms with van der Waals surface area (Å²) in [6, 6.07) is 26.4. The molecule has 0 saturated carbocycles. The van der Waals surface area contributed by atoms with Crippen molar-refractivity contribution in [2.24, 2.45) is 0 Å². The predicted octanol–water partition coefficient (Wildman–Crippen LogP) is 3.92. The number of para-hydroxylation sites is 1. The number of carbonyl (C=O) groups excluding carboxylic acids is 1. The summed E-state index contributed by atoms with van der Waals surface area (Å²) in [4.78, 5) is 26.7. The second-order valence-electron chi connectivity index (χ2n) is 7.99. The van der Waals surface area contributed by atoms with Gasteiger partial charge in [0, 0.05) is 16.6 Å². The highest BCUT2D eigenvalue weighted by Crippen LogP contribution is 2.24. The minimum absolute atomic E-state index is 0.113. The van der Waals surface area contributed by atoms with Gasteiger partial charge in [-0.2, -0.15) is 5.26 Å². The maximum absolute atomic E-state index is 13.6. The number of ether oxygens (including phenoxy) is 1. The van der Waals surface area contributed by atoms with Gasteiger partial charge in [0.2, 0.25) is 0 Å². The molecule has 0 aliphatic rings. The Morgan fingerprint density at radius 1 is 1.11 bits per heavy atom. The van der Waals surface area contributed by atoms with Crippen molar-refractivity contribution in [3.63, 3.8) is 0 Å². The molecule has 0 atom stereocenters. The third kappa shape index (κ3) is 6.26. The van der Waals surface area contributed by atoms with Crippen molar-refractivity contribution >= 4 is 44.8 Å². The fourth-order valence-electron chi connectivity index (χ4n) is 3.77. The lowest BCUT2D eigenvalue weighted by Gasteiger charge is -2.06. The quantitative estimate of drug-likeness (QED) is 0.346. The Morgan fingerprint density at radius 3 is 2.49 bits per heavy atom. The molecule has 37 heavy (non-hydrogen) atoms. The Balaban J connectivity index is 1.84. The molecular weight excluding hydrogens is 550 g/mol. The SMILES string of the molecule is CCOc1ccc(Br)cc1/C=c1/s/c(=C(\C#N)C(=O)NCCc2ccccc2)n(-c2ccccc2)c1=O. The van der Waals surface area contributed by atoms with Crippen LogP contribution in [0.15, 0.2) is 88.1 Å². The van der Waals surface area contributed by atoms with Crippen LogP contribution in [0.25, 0.3) is 17.3 Å². The zero-order valence-corrected chi connectivity index (χ0v) is 22.5. The molecule has 4 aromatic rings. The number of halogens is 1. The highest BCUT2D eigenvalue weighted by atomic mass is 79.9. The van der Waals surface area contributed by atoms with Crippen LogP contribution < -0.4 is 24.8 Å². The topological polar surface area (TPSA) is 84.1 Å². The molecule has 186 valence electrons. The van der Waals surface area contributed by atoms with Crippen LogP contribution in [-0.4, -0.2) is 23.6 Å². The lowest BCUT2D eigenvalue weighted by atomic mass is 10.1. The van der Waals surface area contributed by atoms with Gasteiger partial charge >= 0.3 is 0 Å². The van der Waals surface area contributed by atoms with Gasteiger partial charge in [-0.3, -0.25) is 14.2 Å². The Morgan fingerprint density at radius 2 is 1.81 bits per heavy atom. The summed E-state index contributed by atoms with van der Waals surface area (Å²) in [6.45, 7) is 2.73. The summed E-state index contributed by atoms with van der Waals surface area (Å²) >= 11 is 4.58. The number of rotatable bonds is 8. The Hall–Kier alpha value is -3.93. The number of hydrogen-bond acceptors (Lipinski definition) is 5. The summed E-state index contributed by atoms with van der Waals surface area (Å²) in [5.74, 6) is 0.114. The first-order chi connectivity index (χ1) is 18.0. The monoisotopic (exact) mass is 573 g/mol. The average Bonchev–Trinajstić information content (AvgIpc) is 3.22. The lowest BCUT2D eigenvalue weighted by Crippen LogP contribution is -2.34. The van der Waals surface area contributed by atoms with Crippen LogP contribution in [0.3, 0.4) is 0 Å². The number of benzene rings is 3. The first-order valence-electron chi connectivity index (χ1n) is 11.7. The van der Waals surface area contributed by atoms with Gasteiger partial charge in [-0.15, -0.1) is 11.3 Å². The highest BCUT2D eigenvalue weighted by Gasteiger charge is 2.17. The van der Waals surface area contributed by atoms with Crippen molar-refractivity contribution in [2.45, 2.75) is 13.3 Å². The number of carbonyl (C=O) groups is 1. The molecule has 1 aromatic heterocycles. The van der Waals surface area contributed by atoms with Crippen LogP contribution in [0.1, 0.15) is 18.1 Å². The van der Waals surface area contributed by atoms with Crippen LogP contribution in [0.2, 0.25) is 0 Å². The molecule has 0 spiro atoms. The van der Waals surface area contributed by atoms with Crippen molar-refractivity contribution in [2.75, 3.05) is 13.2 Å².